The van der Waals surface area contributed by atoms with E-state index in [1.165, 1.54) is 37.3 Å². The van der Waals surface area contributed by atoms with Gasteiger partial charge in [-0.2, -0.15) is 0 Å². The van der Waals surface area contributed by atoms with E-state index in [1.54, 1.807) is 55.5 Å². The number of halogens is 2. The summed E-state index contributed by atoms with van der Waals surface area (Å²) in [6, 6.07) is 16.2. The van der Waals surface area contributed by atoms with Crippen molar-refractivity contribution in [2.75, 3.05) is 25.1 Å². The largest absolute Gasteiger partial charge is 0.497 e. The fourth-order valence-electron chi connectivity index (χ4n) is 4.11. The number of sulfonamides is 1. The normalized spacial score (nSPS) is 12.6. The van der Waals surface area contributed by atoms with Crippen molar-refractivity contribution in [1.82, 2.24) is 10.2 Å². The third-order valence-electron chi connectivity index (χ3n) is 6.77. The van der Waals surface area contributed by atoms with Crippen molar-refractivity contribution in [3.8, 4) is 11.5 Å². The van der Waals surface area contributed by atoms with E-state index in [2.05, 4.69) is 5.32 Å². The standard InChI is InChI=1S/C30H35Cl2N3O6S/c1-6-20(2)33-30(37)21(3)34(18-22-12-14-25(31)26(32)16-22)29(36)19-35(42(38,39)24-10-8-7-9-11-24)27-17-23(40-4)13-15-28(27)41-5/h7-17,20-21H,6,18-19H2,1-5H3,(H,33,37)/t20-,21+/m0/s1. The lowest BCUT2D eigenvalue weighted by molar-refractivity contribution is -0.139. The van der Waals surface area contributed by atoms with E-state index in [1.807, 2.05) is 13.8 Å². The Morgan fingerprint density at radius 2 is 1.62 bits per heavy atom. The summed E-state index contributed by atoms with van der Waals surface area (Å²) in [5.41, 5.74) is 0.706. The van der Waals surface area contributed by atoms with Crippen LogP contribution in [0.25, 0.3) is 0 Å². The number of ether oxygens (including phenoxy) is 2. The number of amides is 2. The minimum Gasteiger partial charge on any atom is -0.497 e. The van der Waals surface area contributed by atoms with E-state index in [0.717, 1.165) is 4.31 Å². The van der Waals surface area contributed by atoms with Gasteiger partial charge in [-0.05, 0) is 62.2 Å². The average Bonchev–Trinajstić information content (AvgIpc) is 2.99. The second-order valence-corrected chi connectivity index (χ2v) is 12.3. The lowest BCUT2D eigenvalue weighted by Gasteiger charge is -2.33. The lowest BCUT2D eigenvalue weighted by Crippen LogP contribution is -2.52. The maximum absolute atomic E-state index is 14.1. The van der Waals surface area contributed by atoms with Crippen LogP contribution in [0.4, 0.5) is 5.69 Å². The molecule has 0 aliphatic rings. The van der Waals surface area contributed by atoms with Gasteiger partial charge in [-0.1, -0.05) is 54.4 Å². The molecule has 3 rings (SSSR count). The minimum atomic E-state index is -4.28. The third kappa shape index (κ3) is 7.87. The number of rotatable bonds is 13. The Bertz CT molecular complexity index is 1500. The van der Waals surface area contributed by atoms with Crippen molar-refractivity contribution in [2.45, 2.75) is 50.7 Å². The zero-order valence-corrected chi connectivity index (χ0v) is 26.5. The van der Waals surface area contributed by atoms with Crippen LogP contribution < -0.4 is 19.1 Å². The van der Waals surface area contributed by atoms with Gasteiger partial charge in [0.15, 0.2) is 0 Å². The molecule has 0 radical (unpaired) electrons. The molecule has 0 bridgehead atoms. The van der Waals surface area contributed by atoms with E-state index in [0.29, 0.717) is 22.8 Å². The van der Waals surface area contributed by atoms with Gasteiger partial charge < -0.3 is 19.7 Å². The summed E-state index contributed by atoms with van der Waals surface area (Å²) in [4.78, 5) is 28.6. The first kappa shape index (κ1) is 33.0. The Kier molecular flexibility index (Phi) is 11.5. The van der Waals surface area contributed by atoms with Crippen molar-refractivity contribution in [2.24, 2.45) is 0 Å². The first-order valence-electron chi connectivity index (χ1n) is 13.3. The molecule has 1 N–H and O–H groups in total. The third-order valence-corrected chi connectivity index (χ3v) is 9.28. The molecule has 12 heteroatoms. The Morgan fingerprint density at radius 1 is 0.929 bits per heavy atom. The number of hydrogen-bond acceptors (Lipinski definition) is 6. The number of anilines is 1. The molecule has 0 spiro atoms. The molecule has 0 saturated carbocycles. The summed E-state index contributed by atoms with van der Waals surface area (Å²) in [6.07, 6.45) is 0.692. The molecule has 3 aromatic rings. The highest BCUT2D eigenvalue weighted by Crippen LogP contribution is 2.36. The van der Waals surface area contributed by atoms with Gasteiger partial charge >= 0.3 is 0 Å². The highest BCUT2D eigenvalue weighted by atomic mass is 35.5. The van der Waals surface area contributed by atoms with Crippen LogP contribution in [0.5, 0.6) is 11.5 Å². The quantitative estimate of drug-likeness (QED) is 0.264. The van der Waals surface area contributed by atoms with Crippen molar-refractivity contribution in [3.05, 3.63) is 82.3 Å². The predicted molar refractivity (Wildman–Crippen MR) is 165 cm³/mol. The molecular formula is C30H35Cl2N3O6S. The van der Waals surface area contributed by atoms with Crippen molar-refractivity contribution in [3.63, 3.8) is 0 Å². The number of nitrogens with zero attached hydrogens (tertiary/aromatic N) is 2. The van der Waals surface area contributed by atoms with Crippen LogP contribution in [-0.4, -0.2) is 58.0 Å². The van der Waals surface area contributed by atoms with Crippen molar-refractivity contribution >= 4 is 50.7 Å². The fraction of sp³-hybridized carbons (Fsp3) is 0.333. The maximum atomic E-state index is 14.1. The zero-order chi connectivity index (χ0) is 31.0. The van der Waals surface area contributed by atoms with Crippen LogP contribution in [0.1, 0.15) is 32.8 Å². The predicted octanol–water partition coefficient (Wildman–Crippen LogP) is 5.54. The Labute approximate surface area is 257 Å². The highest BCUT2D eigenvalue weighted by molar-refractivity contribution is 7.92. The van der Waals surface area contributed by atoms with Gasteiger partial charge in [-0.15, -0.1) is 0 Å². The number of benzene rings is 3. The molecule has 2 atom stereocenters. The zero-order valence-electron chi connectivity index (χ0n) is 24.1. The summed E-state index contributed by atoms with van der Waals surface area (Å²) in [6.45, 7) is 4.72. The molecule has 2 amide bonds. The van der Waals surface area contributed by atoms with Gasteiger partial charge in [-0.3, -0.25) is 13.9 Å². The molecule has 0 aliphatic carbocycles. The number of nitrogens with one attached hydrogen (secondary N) is 1. The molecule has 9 nitrogen and oxygen atoms in total. The molecule has 0 aliphatic heterocycles. The van der Waals surface area contributed by atoms with Gasteiger partial charge in [0, 0.05) is 18.7 Å². The first-order chi connectivity index (χ1) is 19.9. The SMILES string of the molecule is CC[C@H](C)NC(=O)[C@@H](C)N(Cc1ccc(Cl)c(Cl)c1)C(=O)CN(c1cc(OC)ccc1OC)S(=O)(=O)c1ccccc1. The van der Waals surface area contributed by atoms with Gasteiger partial charge in [0.05, 0.1) is 34.8 Å². The topological polar surface area (TPSA) is 105 Å². The Morgan fingerprint density at radius 3 is 2.21 bits per heavy atom. The Hall–Kier alpha value is -3.47. The molecule has 0 fully saturated rings. The summed E-state index contributed by atoms with van der Waals surface area (Å²) in [7, 11) is -1.43. The fourth-order valence-corrected chi connectivity index (χ4v) is 5.87. The highest BCUT2D eigenvalue weighted by Gasteiger charge is 2.34. The number of carbonyl (C=O) groups excluding carboxylic acids is 2. The molecule has 0 aromatic heterocycles. The van der Waals surface area contributed by atoms with Crippen LogP contribution in [0, 0.1) is 0 Å². The number of carbonyl (C=O) groups is 2. The van der Waals surface area contributed by atoms with Gasteiger partial charge in [0.25, 0.3) is 10.0 Å². The second kappa shape index (κ2) is 14.6. The molecule has 226 valence electrons. The van der Waals surface area contributed by atoms with E-state index in [9.17, 15) is 18.0 Å². The molecule has 0 saturated heterocycles. The van der Waals surface area contributed by atoms with Crippen LogP contribution in [0.15, 0.2) is 71.6 Å². The minimum absolute atomic E-state index is 0.0266. The Balaban J connectivity index is 2.12. The maximum Gasteiger partial charge on any atom is 0.264 e. The van der Waals surface area contributed by atoms with E-state index in [-0.39, 0.29) is 39.8 Å². The van der Waals surface area contributed by atoms with E-state index >= 15 is 0 Å². The summed E-state index contributed by atoms with van der Waals surface area (Å²) >= 11 is 12.3. The first-order valence-corrected chi connectivity index (χ1v) is 15.5. The molecule has 0 unspecified atom stereocenters. The molecule has 0 heterocycles. The van der Waals surface area contributed by atoms with E-state index < -0.39 is 28.5 Å². The van der Waals surface area contributed by atoms with Crippen LogP contribution in [0.3, 0.4) is 0 Å². The van der Waals surface area contributed by atoms with Gasteiger partial charge in [-0.25, -0.2) is 8.42 Å². The molecular weight excluding hydrogens is 601 g/mol. The number of hydrogen-bond donors (Lipinski definition) is 1. The summed E-state index contributed by atoms with van der Waals surface area (Å²) in [5.74, 6) is -0.436. The van der Waals surface area contributed by atoms with Crippen molar-refractivity contribution < 1.29 is 27.5 Å². The van der Waals surface area contributed by atoms with Crippen molar-refractivity contribution in [1.29, 1.82) is 0 Å². The van der Waals surface area contributed by atoms with Crippen LogP contribution >= 0.6 is 23.2 Å². The smallest absolute Gasteiger partial charge is 0.264 e. The summed E-state index contributed by atoms with van der Waals surface area (Å²) < 4.78 is 39.9. The second-order valence-electron chi connectivity index (χ2n) is 9.63. The van der Waals surface area contributed by atoms with Crippen LogP contribution in [0.2, 0.25) is 10.0 Å². The van der Waals surface area contributed by atoms with E-state index in [4.69, 9.17) is 32.7 Å². The van der Waals surface area contributed by atoms with Crippen LogP contribution in [-0.2, 0) is 26.2 Å². The molecule has 42 heavy (non-hydrogen) atoms. The average molecular weight is 637 g/mol. The monoisotopic (exact) mass is 635 g/mol. The lowest BCUT2D eigenvalue weighted by atomic mass is 10.1. The number of methoxy groups -OCH3 is 2. The molecule has 3 aromatic carbocycles. The summed E-state index contributed by atoms with van der Waals surface area (Å²) in [5, 5.41) is 3.52. The van der Waals surface area contributed by atoms with Gasteiger partial charge in [0.1, 0.15) is 24.1 Å². The van der Waals surface area contributed by atoms with Gasteiger partial charge in [0.2, 0.25) is 11.8 Å².